The van der Waals surface area contributed by atoms with Crippen LogP contribution in [0.15, 0.2) is 29.3 Å². The first kappa shape index (κ1) is 24.1. The lowest BCUT2D eigenvalue weighted by molar-refractivity contribution is -0.119. The molecule has 5 nitrogen and oxygen atoms in total. The van der Waals surface area contributed by atoms with Gasteiger partial charge < -0.3 is 15.5 Å². The number of para-hydroxylation sites is 1. The summed E-state index contributed by atoms with van der Waals surface area (Å²) in [6.07, 6.45) is 14.5. The average molecular weight is 453 g/mol. The summed E-state index contributed by atoms with van der Waals surface area (Å²) < 4.78 is 0. The van der Waals surface area contributed by atoms with Gasteiger partial charge in [0.25, 0.3) is 0 Å². The Bertz CT molecular complexity index is 815. The predicted octanol–water partition coefficient (Wildman–Crippen LogP) is 6.00. The first-order valence-electron chi connectivity index (χ1n) is 13.4. The van der Waals surface area contributed by atoms with Crippen molar-refractivity contribution >= 4 is 17.6 Å². The minimum Gasteiger partial charge on any atom is -0.353 e. The van der Waals surface area contributed by atoms with Crippen LogP contribution in [0.2, 0.25) is 0 Å². The van der Waals surface area contributed by atoms with Crippen LogP contribution in [0.5, 0.6) is 0 Å². The first-order chi connectivity index (χ1) is 15.9. The monoisotopic (exact) mass is 452 g/mol. The van der Waals surface area contributed by atoms with Crippen molar-refractivity contribution in [3.63, 3.8) is 0 Å². The third kappa shape index (κ3) is 6.30. The van der Waals surface area contributed by atoms with Crippen molar-refractivity contribution in [1.82, 2.24) is 10.2 Å². The van der Waals surface area contributed by atoms with E-state index in [1.54, 1.807) is 0 Å². The Hall–Kier alpha value is -2.04. The minimum absolute atomic E-state index is 0.0185. The summed E-state index contributed by atoms with van der Waals surface area (Å²) in [7, 11) is 0. The lowest BCUT2D eigenvalue weighted by Crippen LogP contribution is -2.52. The van der Waals surface area contributed by atoms with Crippen molar-refractivity contribution < 1.29 is 4.79 Å². The molecule has 1 amide bonds. The summed E-state index contributed by atoms with van der Waals surface area (Å²) in [5, 5.41) is 7.11. The Morgan fingerprint density at radius 1 is 0.909 bits per heavy atom. The molecule has 0 bridgehead atoms. The zero-order valence-corrected chi connectivity index (χ0v) is 21.0. The molecule has 2 aliphatic carbocycles. The summed E-state index contributed by atoms with van der Waals surface area (Å²) in [5.74, 6) is 1.10. The molecule has 0 spiro atoms. The number of aliphatic imine (C=N–C) groups is 1. The van der Waals surface area contributed by atoms with E-state index in [4.69, 9.17) is 4.99 Å². The number of carbonyl (C=O) groups excluding carboxylic acids is 1. The Morgan fingerprint density at radius 3 is 2.27 bits per heavy atom. The smallest absolute Gasteiger partial charge is 0.247 e. The number of benzene rings is 1. The molecule has 3 aliphatic rings. The van der Waals surface area contributed by atoms with Gasteiger partial charge in [-0.25, -0.2) is 4.99 Å². The van der Waals surface area contributed by atoms with Gasteiger partial charge in [-0.15, -0.1) is 0 Å². The number of hydrogen-bond donors (Lipinski definition) is 2. The van der Waals surface area contributed by atoms with Gasteiger partial charge in [-0.3, -0.25) is 4.79 Å². The molecule has 1 heterocycles. The highest BCUT2D eigenvalue weighted by atomic mass is 16.2. The number of rotatable bonds is 4. The maximum absolute atomic E-state index is 13.6. The van der Waals surface area contributed by atoms with E-state index < -0.39 is 0 Å². The molecule has 4 rings (SSSR count). The second-order valence-corrected chi connectivity index (χ2v) is 11.4. The largest absolute Gasteiger partial charge is 0.353 e. The second kappa shape index (κ2) is 10.9. The summed E-state index contributed by atoms with van der Waals surface area (Å²) >= 11 is 0. The van der Waals surface area contributed by atoms with Crippen LogP contribution in [-0.2, 0) is 10.2 Å². The summed E-state index contributed by atoms with van der Waals surface area (Å²) in [6, 6.07) is 8.97. The molecule has 0 aromatic heterocycles. The fourth-order valence-corrected chi connectivity index (χ4v) is 5.76. The van der Waals surface area contributed by atoms with Crippen molar-refractivity contribution in [3.8, 4) is 0 Å². The number of likely N-dealkylation sites (tertiary alicyclic amines) is 1. The fraction of sp³-hybridized carbons (Fsp3) is 0.714. The molecule has 0 unspecified atom stereocenters. The fourth-order valence-electron chi connectivity index (χ4n) is 5.76. The highest BCUT2D eigenvalue weighted by Gasteiger charge is 2.35. The molecule has 2 saturated carbocycles. The van der Waals surface area contributed by atoms with E-state index in [0.29, 0.717) is 12.1 Å². The summed E-state index contributed by atoms with van der Waals surface area (Å²) in [4.78, 5) is 21.1. The molecule has 1 aromatic rings. The molecule has 3 fully saturated rings. The van der Waals surface area contributed by atoms with Crippen molar-refractivity contribution in [2.45, 2.75) is 121 Å². The molecule has 1 aliphatic heterocycles. The molecule has 2 N–H and O–H groups in total. The zero-order chi connectivity index (χ0) is 23.3. The average Bonchev–Trinajstić information content (AvgIpc) is 3.30. The van der Waals surface area contributed by atoms with Gasteiger partial charge in [0, 0.05) is 18.3 Å². The van der Waals surface area contributed by atoms with E-state index in [0.717, 1.165) is 31.0 Å². The first-order valence-corrected chi connectivity index (χ1v) is 13.4. The van der Waals surface area contributed by atoms with E-state index in [2.05, 4.69) is 48.4 Å². The molecule has 1 saturated heterocycles. The number of amides is 1. The van der Waals surface area contributed by atoms with Crippen LogP contribution in [0.3, 0.4) is 0 Å². The van der Waals surface area contributed by atoms with Gasteiger partial charge in [0.15, 0.2) is 5.96 Å². The molecule has 1 aromatic carbocycles. The Balaban J connectivity index is 1.53. The van der Waals surface area contributed by atoms with Crippen molar-refractivity contribution in [1.29, 1.82) is 0 Å². The standard InChI is InChI=1S/C28H44N4O/c1-28(2,3)23-17-10-11-18-24(23)31-26(33)25-19-12-20-32(25)27(29-21-13-6-4-7-14-21)30-22-15-8-5-9-16-22/h10-11,17-18,21-22,25H,4-9,12-16,19-20H2,1-3H3,(H,29,30)(H,31,33)/t25-/m0/s1. The number of nitrogens with one attached hydrogen (secondary N) is 2. The van der Waals surface area contributed by atoms with Crippen LogP contribution in [0, 0.1) is 0 Å². The molecular weight excluding hydrogens is 408 g/mol. The number of anilines is 1. The van der Waals surface area contributed by atoms with Crippen LogP contribution in [0.4, 0.5) is 5.69 Å². The van der Waals surface area contributed by atoms with Crippen molar-refractivity contribution in [3.05, 3.63) is 29.8 Å². The van der Waals surface area contributed by atoms with Crippen LogP contribution in [0.25, 0.3) is 0 Å². The van der Waals surface area contributed by atoms with Gasteiger partial charge in [-0.1, -0.05) is 77.5 Å². The normalized spacial score (nSPS) is 23.5. The minimum atomic E-state index is -0.156. The highest BCUT2D eigenvalue weighted by Crippen LogP contribution is 2.30. The number of nitrogens with zero attached hydrogens (tertiary/aromatic N) is 2. The van der Waals surface area contributed by atoms with E-state index in [9.17, 15) is 4.79 Å². The van der Waals surface area contributed by atoms with Gasteiger partial charge in [-0.05, 0) is 55.6 Å². The van der Waals surface area contributed by atoms with Crippen molar-refractivity contribution in [2.24, 2.45) is 4.99 Å². The van der Waals surface area contributed by atoms with Crippen LogP contribution in [-0.4, -0.2) is 41.4 Å². The Morgan fingerprint density at radius 2 is 1.58 bits per heavy atom. The van der Waals surface area contributed by atoms with E-state index in [1.165, 1.54) is 69.8 Å². The molecule has 5 heteroatoms. The quantitative estimate of drug-likeness (QED) is 0.435. The lowest BCUT2D eigenvalue weighted by Gasteiger charge is -2.33. The Kier molecular flexibility index (Phi) is 7.98. The van der Waals surface area contributed by atoms with Gasteiger partial charge in [0.2, 0.25) is 5.91 Å². The van der Waals surface area contributed by atoms with Gasteiger partial charge in [0.1, 0.15) is 6.04 Å². The Labute approximate surface area is 200 Å². The van der Waals surface area contributed by atoms with Crippen molar-refractivity contribution in [2.75, 3.05) is 11.9 Å². The van der Waals surface area contributed by atoms with Crippen LogP contribution in [0.1, 0.15) is 103 Å². The second-order valence-electron chi connectivity index (χ2n) is 11.4. The number of hydrogen-bond acceptors (Lipinski definition) is 2. The van der Waals surface area contributed by atoms with E-state index in [1.807, 2.05) is 12.1 Å². The van der Waals surface area contributed by atoms with Gasteiger partial charge in [0.05, 0.1) is 6.04 Å². The maximum Gasteiger partial charge on any atom is 0.247 e. The van der Waals surface area contributed by atoms with E-state index in [-0.39, 0.29) is 17.4 Å². The topological polar surface area (TPSA) is 56.7 Å². The molecular formula is C28H44N4O. The maximum atomic E-state index is 13.6. The number of guanidine groups is 1. The third-order valence-corrected chi connectivity index (χ3v) is 7.64. The van der Waals surface area contributed by atoms with Crippen LogP contribution >= 0.6 is 0 Å². The van der Waals surface area contributed by atoms with E-state index >= 15 is 0 Å². The molecule has 33 heavy (non-hydrogen) atoms. The molecule has 182 valence electrons. The molecule has 1 atom stereocenters. The third-order valence-electron chi connectivity index (χ3n) is 7.64. The highest BCUT2D eigenvalue weighted by molar-refractivity contribution is 5.98. The molecule has 0 radical (unpaired) electrons. The van der Waals surface area contributed by atoms with Crippen LogP contribution < -0.4 is 10.6 Å². The predicted molar refractivity (Wildman–Crippen MR) is 138 cm³/mol. The summed E-state index contributed by atoms with van der Waals surface area (Å²) in [6.45, 7) is 7.50. The van der Waals surface area contributed by atoms with Gasteiger partial charge in [-0.2, -0.15) is 0 Å². The zero-order valence-electron chi connectivity index (χ0n) is 21.0. The lowest BCUT2D eigenvalue weighted by atomic mass is 9.86. The van der Waals surface area contributed by atoms with Gasteiger partial charge >= 0.3 is 0 Å². The summed E-state index contributed by atoms with van der Waals surface area (Å²) in [5.41, 5.74) is 2.10. The number of carbonyl (C=O) groups is 1. The SMILES string of the molecule is CC(C)(C)c1ccccc1NC(=O)[C@@H]1CCCN1C(=NC1CCCCC1)NC1CCCCC1.